The predicted octanol–water partition coefficient (Wildman–Crippen LogP) is 4.39. The molecule has 0 unspecified atom stereocenters. The van der Waals surface area contributed by atoms with Gasteiger partial charge in [0.1, 0.15) is 5.75 Å². The quantitative estimate of drug-likeness (QED) is 0.227. The van der Waals surface area contributed by atoms with Gasteiger partial charge in [0.15, 0.2) is 0 Å². The zero-order valence-corrected chi connectivity index (χ0v) is 16.5. The fourth-order valence-electron chi connectivity index (χ4n) is 2.58. The van der Waals surface area contributed by atoms with Crippen molar-refractivity contribution in [2.45, 2.75) is 17.9 Å². The molecule has 0 spiro atoms. The smallest absolute Gasteiger partial charge is 0.277 e. The molecule has 0 saturated carbocycles. The van der Waals surface area contributed by atoms with E-state index in [2.05, 4.69) is 20.4 Å². The zero-order chi connectivity index (χ0) is 20.9. The van der Waals surface area contributed by atoms with Gasteiger partial charge in [-0.05, 0) is 31.2 Å². The monoisotopic (exact) mass is 425 g/mol. The second kappa shape index (κ2) is 8.74. The van der Waals surface area contributed by atoms with E-state index in [4.69, 9.17) is 13.6 Å². The van der Waals surface area contributed by atoms with Crippen molar-refractivity contribution in [3.8, 4) is 28.7 Å². The minimum absolute atomic E-state index is 0.00727. The van der Waals surface area contributed by atoms with Crippen molar-refractivity contribution < 1.29 is 18.5 Å². The van der Waals surface area contributed by atoms with E-state index < -0.39 is 4.92 Å². The molecule has 0 atom stereocenters. The van der Waals surface area contributed by atoms with Gasteiger partial charge in [0.25, 0.3) is 16.8 Å². The summed E-state index contributed by atoms with van der Waals surface area (Å²) in [6.45, 7) is 2.43. The summed E-state index contributed by atoms with van der Waals surface area (Å²) < 4.78 is 16.9. The van der Waals surface area contributed by atoms with Crippen molar-refractivity contribution in [2.75, 3.05) is 6.61 Å². The first-order valence-corrected chi connectivity index (χ1v) is 9.88. The molecule has 30 heavy (non-hydrogen) atoms. The first-order chi connectivity index (χ1) is 14.6. The van der Waals surface area contributed by atoms with Gasteiger partial charge in [0.2, 0.25) is 11.8 Å². The van der Waals surface area contributed by atoms with Gasteiger partial charge in [-0.3, -0.25) is 10.1 Å². The van der Waals surface area contributed by atoms with Crippen LogP contribution in [0.5, 0.6) is 5.75 Å². The molecule has 2 aromatic carbocycles. The molecule has 0 radical (unpaired) electrons. The number of hydrogen-bond acceptors (Lipinski definition) is 10. The van der Waals surface area contributed by atoms with Crippen molar-refractivity contribution in [1.82, 2.24) is 20.4 Å². The summed E-state index contributed by atoms with van der Waals surface area (Å²) in [6.07, 6.45) is 0. The molecule has 4 aromatic rings. The number of nitrogens with zero attached hydrogens (tertiary/aromatic N) is 5. The third kappa shape index (κ3) is 4.30. The lowest BCUT2D eigenvalue weighted by Crippen LogP contribution is -1.93. The highest BCUT2D eigenvalue weighted by atomic mass is 32.2. The second-order valence-electron chi connectivity index (χ2n) is 5.90. The van der Waals surface area contributed by atoms with E-state index in [1.165, 1.54) is 23.9 Å². The molecule has 11 heteroatoms. The highest BCUT2D eigenvalue weighted by Gasteiger charge is 2.16. The Balaban J connectivity index is 1.42. The zero-order valence-electron chi connectivity index (χ0n) is 15.7. The van der Waals surface area contributed by atoms with E-state index in [1.807, 2.05) is 31.2 Å². The van der Waals surface area contributed by atoms with Gasteiger partial charge in [0.05, 0.1) is 22.8 Å². The largest absolute Gasteiger partial charge is 0.493 e. The van der Waals surface area contributed by atoms with Crippen molar-refractivity contribution in [3.05, 3.63) is 64.5 Å². The highest BCUT2D eigenvalue weighted by molar-refractivity contribution is 7.98. The average Bonchev–Trinajstić information content (AvgIpc) is 3.43. The summed E-state index contributed by atoms with van der Waals surface area (Å²) >= 11 is 1.26. The molecule has 0 bridgehead atoms. The van der Waals surface area contributed by atoms with Crippen LogP contribution in [0.15, 0.2) is 62.6 Å². The van der Waals surface area contributed by atoms with E-state index in [1.54, 1.807) is 12.1 Å². The van der Waals surface area contributed by atoms with E-state index in [0.717, 1.165) is 5.56 Å². The van der Waals surface area contributed by atoms with E-state index in [-0.39, 0.29) is 11.6 Å². The number of hydrogen-bond donors (Lipinski definition) is 0. The third-order valence-electron chi connectivity index (χ3n) is 3.93. The number of para-hydroxylation sites is 1. The van der Waals surface area contributed by atoms with Gasteiger partial charge in [-0.1, -0.05) is 23.9 Å². The SMILES string of the molecule is CCOc1ccccc1-c1nnc(SCc2nnc(-c3ccc([N+](=O)[O-])cc3)o2)o1. The Morgan fingerprint density at radius 1 is 1.00 bits per heavy atom. The van der Waals surface area contributed by atoms with Gasteiger partial charge in [0, 0.05) is 17.7 Å². The molecule has 0 saturated heterocycles. The van der Waals surface area contributed by atoms with Gasteiger partial charge in [-0.2, -0.15) is 0 Å². The van der Waals surface area contributed by atoms with Crippen LogP contribution in [0.4, 0.5) is 5.69 Å². The van der Waals surface area contributed by atoms with Gasteiger partial charge in [-0.15, -0.1) is 20.4 Å². The topological polar surface area (TPSA) is 130 Å². The molecular weight excluding hydrogens is 410 g/mol. The van der Waals surface area contributed by atoms with Crippen LogP contribution in [0, 0.1) is 10.1 Å². The molecule has 4 rings (SSSR count). The molecular formula is C19H15N5O5S. The van der Waals surface area contributed by atoms with Crippen molar-refractivity contribution in [3.63, 3.8) is 0 Å². The van der Waals surface area contributed by atoms with Crippen LogP contribution in [0.25, 0.3) is 22.9 Å². The van der Waals surface area contributed by atoms with Crippen molar-refractivity contribution in [2.24, 2.45) is 0 Å². The fourth-order valence-corrected chi connectivity index (χ4v) is 3.18. The first kappa shape index (κ1) is 19.6. The molecule has 10 nitrogen and oxygen atoms in total. The van der Waals surface area contributed by atoms with Crippen LogP contribution in [0.2, 0.25) is 0 Å². The number of nitro groups is 1. The van der Waals surface area contributed by atoms with Crippen LogP contribution in [0.1, 0.15) is 12.8 Å². The van der Waals surface area contributed by atoms with Gasteiger partial charge >= 0.3 is 0 Å². The summed E-state index contributed by atoms with van der Waals surface area (Å²) in [5, 5.41) is 27.2. The molecule has 0 aliphatic carbocycles. The summed E-state index contributed by atoms with van der Waals surface area (Å²) in [4.78, 5) is 10.3. The summed E-state index contributed by atoms with van der Waals surface area (Å²) in [7, 11) is 0. The Labute approximate surface area is 174 Å². The minimum Gasteiger partial charge on any atom is -0.493 e. The van der Waals surface area contributed by atoms with Crippen molar-refractivity contribution in [1.29, 1.82) is 0 Å². The maximum atomic E-state index is 10.7. The number of thioether (sulfide) groups is 1. The highest BCUT2D eigenvalue weighted by Crippen LogP contribution is 2.31. The standard InChI is InChI=1S/C19H15N5O5S/c1-2-27-15-6-4-3-5-14(15)18-22-23-19(29-18)30-11-16-20-21-17(28-16)12-7-9-13(10-8-12)24(25)26/h3-10H,2,11H2,1H3. The first-order valence-electron chi connectivity index (χ1n) is 8.89. The van der Waals surface area contributed by atoms with Gasteiger partial charge < -0.3 is 13.6 Å². The average molecular weight is 425 g/mol. The molecule has 2 aromatic heterocycles. The summed E-state index contributed by atoms with van der Waals surface area (Å²) in [5.74, 6) is 2.00. The summed E-state index contributed by atoms with van der Waals surface area (Å²) in [6, 6.07) is 13.3. The Bertz CT molecular complexity index is 1160. The number of ether oxygens (including phenoxy) is 1. The van der Waals surface area contributed by atoms with E-state index >= 15 is 0 Å². The lowest BCUT2D eigenvalue weighted by Gasteiger charge is -2.05. The lowest BCUT2D eigenvalue weighted by atomic mass is 10.2. The van der Waals surface area contributed by atoms with Crippen LogP contribution in [0.3, 0.4) is 0 Å². The number of nitro benzene ring substituents is 1. The van der Waals surface area contributed by atoms with E-state index in [0.29, 0.717) is 40.7 Å². The number of rotatable bonds is 8. The Kier molecular flexibility index (Phi) is 5.70. The Morgan fingerprint density at radius 2 is 1.77 bits per heavy atom. The van der Waals surface area contributed by atoms with Crippen molar-refractivity contribution >= 4 is 17.4 Å². The number of non-ortho nitro benzene ring substituents is 1. The minimum atomic E-state index is -0.467. The maximum absolute atomic E-state index is 10.7. The number of benzene rings is 2. The molecule has 152 valence electrons. The fraction of sp³-hybridized carbons (Fsp3) is 0.158. The van der Waals surface area contributed by atoms with Crippen LogP contribution >= 0.6 is 11.8 Å². The van der Waals surface area contributed by atoms with E-state index in [9.17, 15) is 10.1 Å². The molecule has 0 fully saturated rings. The Morgan fingerprint density at radius 3 is 2.53 bits per heavy atom. The normalized spacial score (nSPS) is 10.8. The lowest BCUT2D eigenvalue weighted by molar-refractivity contribution is -0.384. The molecule has 0 amide bonds. The molecule has 0 aliphatic heterocycles. The molecule has 0 aliphatic rings. The van der Waals surface area contributed by atoms with Crippen LogP contribution in [-0.4, -0.2) is 31.9 Å². The van der Waals surface area contributed by atoms with Crippen LogP contribution in [-0.2, 0) is 5.75 Å². The maximum Gasteiger partial charge on any atom is 0.277 e. The molecule has 0 N–H and O–H groups in total. The summed E-state index contributed by atoms with van der Waals surface area (Å²) in [5.41, 5.74) is 1.31. The Hall–Kier alpha value is -3.73. The second-order valence-corrected chi connectivity index (χ2v) is 6.82. The third-order valence-corrected chi connectivity index (χ3v) is 4.74. The van der Waals surface area contributed by atoms with Gasteiger partial charge in [-0.25, -0.2) is 0 Å². The predicted molar refractivity (Wildman–Crippen MR) is 107 cm³/mol. The number of aromatic nitrogens is 4. The van der Waals surface area contributed by atoms with Crippen LogP contribution < -0.4 is 4.74 Å². The molecule has 2 heterocycles.